The number of carbonyl (C=O) groups excluding carboxylic acids is 3. The third-order valence-corrected chi connectivity index (χ3v) is 3.56. The van der Waals surface area contributed by atoms with Crippen LogP contribution in [0.3, 0.4) is 0 Å². The molecule has 1 aromatic carbocycles. The first-order chi connectivity index (χ1) is 12.9. The van der Waals surface area contributed by atoms with Crippen LogP contribution in [0.1, 0.15) is 29.5 Å². The summed E-state index contributed by atoms with van der Waals surface area (Å²) in [7, 11) is 1.45. The minimum Gasteiger partial charge on any atom is -0.496 e. The fourth-order valence-corrected chi connectivity index (χ4v) is 2.23. The molecule has 0 aliphatic carbocycles. The van der Waals surface area contributed by atoms with Crippen LogP contribution in [0.2, 0.25) is 0 Å². The van der Waals surface area contributed by atoms with E-state index in [0.29, 0.717) is 17.1 Å². The maximum atomic E-state index is 12.2. The van der Waals surface area contributed by atoms with Gasteiger partial charge in [0.05, 0.1) is 12.7 Å². The molecule has 0 spiro atoms. The molecule has 0 saturated carbocycles. The third-order valence-electron chi connectivity index (χ3n) is 3.56. The van der Waals surface area contributed by atoms with Crippen LogP contribution in [0.4, 0.5) is 5.82 Å². The number of carbonyl (C=O) groups is 3. The maximum Gasteiger partial charge on any atom is 0.326 e. The van der Waals surface area contributed by atoms with Crippen molar-refractivity contribution in [2.75, 3.05) is 19.0 Å². The van der Waals surface area contributed by atoms with Crippen LogP contribution < -0.4 is 15.4 Å². The highest BCUT2D eigenvalue weighted by Gasteiger charge is 2.22. The van der Waals surface area contributed by atoms with E-state index >= 15 is 0 Å². The molecule has 0 bridgehead atoms. The van der Waals surface area contributed by atoms with Gasteiger partial charge in [0.25, 0.3) is 11.8 Å². The van der Waals surface area contributed by atoms with E-state index in [2.05, 4.69) is 15.8 Å². The molecule has 1 heterocycles. The smallest absolute Gasteiger partial charge is 0.326 e. The summed E-state index contributed by atoms with van der Waals surface area (Å²) < 4.78 is 15.1. The second-order valence-corrected chi connectivity index (χ2v) is 5.58. The Morgan fingerprint density at radius 1 is 1.26 bits per heavy atom. The molecule has 2 amide bonds. The average Bonchev–Trinajstić information content (AvgIpc) is 3.08. The van der Waals surface area contributed by atoms with Gasteiger partial charge in [0, 0.05) is 6.07 Å². The summed E-state index contributed by atoms with van der Waals surface area (Å²) in [6.07, 6.45) is -0.757. The minimum atomic E-state index is -1.02. The molecule has 0 fully saturated rings. The summed E-state index contributed by atoms with van der Waals surface area (Å²) in [6, 6.07) is 8.15. The number of amides is 2. The molecule has 0 saturated heterocycles. The second-order valence-electron chi connectivity index (χ2n) is 5.58. The van der Waals surface area contributed by atoms with Crippen LogP contribution in [0.15, 0.2) is 34.9 Å². The Kier molecular flexibility index (Phi) is 6.93. The van der Waals surface area contributed by atoms with Crippen molar-refractivity contribution >= 4 is 23.6 Å². The van der Waals surface area contributed by atoms with Crippen LogP contribution in [-0.4, -0.2) is 42.7 Å². The zero-order chi connectivity index (χ0) is 19.8. The number of ether oxygens (including phenoxy) is 2. The van der Waals surface area contributed by atoms with E-state index in [-0.39, 0.29) is 18.8 Å². The Balaban J connectivity index is 1.87. The summed E-state index contributed by atoms with van der Waals surface area (Å²) in [6.45, 7) is 2.99. The van der Waals surface area contributed by atoms with Crippen molar-refractivity contribution in [2.24, 2.45) is 0 Å². The van der Waals surface area contributed by atoms with Crippen LogP contribution in [-0.2, 0) is 14.3 Å². The summed E-state index contributed by atoms with van der Waals surface area (Å²) in [5.74, 6) is -0.602. The normalized spacial score (nSPS) is 11.4. The van der Waals surface area contributed by atoms with E-state index in [1.165, 1.54) is 7.11 Å². The number of anilines is 1. The second kappa shape index (κ2) is 9.37. The Morgan fingerprint density at radius 2 is 2.00 bits per heavy atom. The molecule has 0 unspecified atom stereocenters. The summed E-state index contributed by atoms with van der Waals surface area (Å²) in [5.41, 5.74) is 0.291. The number of nitrogens with one attached hydrogen (secondary N) is 2. The van der Waals surface area contributed by atoms with Gasteiger partial charge >= 0.3 is 5.97 Å². The van der Waals surface area contributed by atoms with E-state index in [4.69, 9.17) is 14.0 Å². The van der Waals surface area contributed by atoms with Crippen LogP contribution >= 0.6 is 0 Å². The quantitative estimate of drug-likeness (QED) is 0.674. The summed E-state index contributed by atoms with van der Waals surface area (Å²) in [5, 5.41) is 8.59. The SMILES string of the molecule is CC[C@H](OC(=O)CNC(=O)c1ccccc1OC)C(=O)Nc1cc(C)on1. The Hall–Kier alpha value is -3.36. The highest BCUT2D eigenvalue weighted by atomic mass is 16.5. The van der Waals surface area contributed by atoms with Gasteiger partial charge < -0.3 is 24.6 Å². The number of nitrogens with zero attached hydrogens (tertiary/aromatic N) is 1. The van der Waals surface area contributed by atoms with Crippen LogP contribution in [0.25, 0.3) is 0 Å². The number of aryl methyl sites for hydroxylation is 1. The van der Waals surface area contributed by atoms with Gasteiger partial charge in [-0.15, -0.1) is 0 Å². The van der Waals surface area contributed by atoms with Gasteiger partial charge in [0.15, 0.2) is 11.9 Å². The van der Waals surface area contributed by atoms with Crippen molar-refractivity contribution in [3.8, 4) is 5.75 Å². The number of hydrogen-bond acceptors (Lipinski definition) is 7. The highest BCUT2D eigenvalue weighted by molar-refractivity contribution is 5.99. The van der Waals surface area contributed by atoms with E-state index in [9.17, 15) is 14.4 Å². The van der Waals surface area contributed by atoms with Gasteiger partial charge in [-0.25, -0.2) is 0 Å². The van der Waals surface area contributed by atoms with Gasteiger partial charge in [-0.3, -0.25) is 14.4 Å². The fraction of sp³-hybridized carbons (Fsp3) is 0.333. The highest BCUT2D eigenvalue weighted by Crippen LogP contribution is 2.16. The molecule has 9 heteroatoms. The van der Waals surface area contributed by atoms with Crippen molar-refractivity contribution in [3.05, 3.63) is 41.7 Å². The summed E-state index contributed by atoms with van der Waals surface area (Å²) >= 11 is 0. The Labute approximate surface area is 156 Å². The summed E-state index contributed by atoms with van der Waals surface area (Å²) in [4.78, 5) is 36.3. The Morgan fingerprint density at radius 3 is 2.63 bits per heavy atom. The molecule has 1 aromatic heterocycles. The van der Waals surface area contributed by atoms with Crippen LogP contribution in [0, 0.1) is 6.92 Å². The standard InChI is InChI=1S/C18H21N3O6/c1-4-13(18(24)20-15-9-11(2)27-21-15)26-16(22)10-19-17(23)12-7-5-6-8-14(12)25-3/h5-9,13H,4,10H2,1-3H3,(H,19,23)(H,20,21,24)/t13-/m0/s1. The van der Waals surface area contributed by atoms with Gasteiger partial charge in [0.2, 0.25) is 0 Å². The average molecular weight is 375 g/mol. The Bertz CT molecular complexity index is 817. The molecule has 1 atom stereocenters. The number of aromatic nitrogens is 1. The third kappa shape index (κ3) is 5.56. The first kappa shape index (κ1) is 20.0. The predicted molar refractivity (Wildman–Crippen MR) is 95.4 cm³/mol. The van der Waals surface area contributed by atoms with Crippen LogP contribution in [0.5, 0.6) is 5.75 Å². The minimum absolute atomic E-state index is 0.233. The van der Waals surface area contributed by atoms with E-state index < -0.39 is 23.9 Å². The number of rotatable bonds is 8. The lowest BCUT2D eigenvalue weighted by atomic mass is 10.2. The largest absolute Gasteiger partial charge is 0.496 e. The van der Waals surface area contributed by atoms with E-state index in [1.807, 2.05) is 0 Å². The van der Waals surface area contributed by atoms with Crippen molar-refractivity contribution in [1.29, 1.82) is 0 Å². The molecule has 27 heavy (non-hydrogen) atoms. The van der Waals surface area contributed by atoms with Gasteiger partial charge in [-0.05, 0) is 25.5 Å². The molecule has 0 radical (unpaired) electrons. The zero-order valence-corrected chi connectivity index (χ0v) is 15.3. The number of methoxy groups -OCH3 is 1. The van der Waals surface area contributed by atoms with Gasteiger partial charge in [-0.2, -0.15) is 0 Å². The van der Waals surface area contributed by atoms with E-state index in [1.54, 1.807) is 44.2 Å². The molecule has 2 aromatic rings. The van der Waals surface area contributed by atoms with Crippen molar-refractivity contribution in [3.63, 3.8) is 0 Å². The molecule has 0 aliphatic heterocycles. The molecule has 2 rings (SSSR count). The number of para-hydroxylation sites is 1. The van der Waals surface area contributed by atoms with Crippen molar-refractivity contribution in [2.45, 2.75) is 26.4 Å². The number of benzene rings is 1. The van der Waals surface area contributed by atoms with Gasteiger partial charge in [-0.1, -0.05) is 24.2 Å². The molecule has 144 valence electrons. The number of hydrogen-bond donors (Lipinski definition) is 2. The fourth-order valence-electron chi connectivity index (χ4n) is 2.23. The predicted octanol–water partition coefficient (Wildman–Crippen LogP) is 1.68. The van der Waals surface area contributed by atoms with E-state index in [0.717, 1.165) is 0 Å². The van der Waals surface area contributed by atoms with Crippen molar-refractivity contribution in [1.82, 2.24) is 10.5 Å². The lowest BCUT2D eigenvalue weighted by molar-refractivity contribution is -0.153. The lowest BCUT2D eigenvalue weighted by Crippen LogP contribution is -2.37. The molecule has 2 N–H and O–H groups in total. The molecule has 0 aliphatic rings. The zero-order valence-electron chi connectivity index (χ0n) is 15.3. The lowest BCUT2D eigenvalue weighted by Gasteiger charge is -2.15. The van der Waals surface area contributed by atoms with Gasteiger partial charge in [0.1, 0.15) is 18.1 Å². The maximum absolute atomic E-state index is 12.2. The van der Waals surface area contributed by atoms with Crippen molar-refractivity contribution < 1.29 is 28.4 Å². The topological polar surface area (TPSA) is 120 Å². The number of esters is 1. The monoisotopic (exact) mass is 375 g/mol. The molecular formula is C18H21N3O6. The first-order valence-corrected chi connectivity index (χ1v) is 8.29. The first-order valence-electron chi connectivity index (χ1n) is 8.29. The molecular weight excluding hydrogens is 354 g/mol. The molecule has 9 nitrogen and oxygen atoms in total.